The fourth-order valence-electron chi connectivity index (χ4n) is 3.28. The molecule has 6 heteroatoms. The molecule has 1 aliphatic heterocycles. The molecule has 0 aromatic heterocycles. The second-order valence-corrected chi connectivity index (χ2v) is 7.14. The van der Waals surface area contributed by atoms with Crippen LogP contribution in [0.1, 0.15) is 25.0 Å². The Bertz CT molecular complexity index is 770. The third-order valence-corrected chi connectivity index (χ3v) is 5.04. The molecule has 0 aliphatic carbocycles. The van der Waals surface area contributed by atoms with Crippen LogP contribution in [0, 0.1) is 0 Å². The van der Waals surface area contributed by atoms with Crippen molar-refractivity contribution in [2.45, 2.75) is 26.8 Å². The number of hydrogen-bond acceptors (Lipinski definition) is 4. The van der Waals surface area contributed by atoms with Crippen LogP contribution >= 0.6 is 12.2 Å². The second-order valence-electron chi connectivity index (χ2n) is 6.76. The van der Waals surface area contributed by atoms with Gasteiger partial charge in [-0.15, -0.1) is 0 Å². The summed E-state index contributed by atoms with van der Waals surface area (Å²) in [6.45, 7) is 8.60. The fraction of sp³-hybridized carbons (Fsp3) is 0.409. The zero-order valence-electron chi connectivity index (χ0n) is 16.7. The number of nitrogens with one attached hydrogen (secondary N) is 1. The van der Waals surface area contributed by atoms with Crippen LogP contribution in [0.25, 0.3) is 0 Å². The molecule has 0 spiro atoms. The van der Waals surface area contributed by atoms with Gasteiger partial charge in [0.2, 0.25) is 0 Å². The molecule has 0 atom stereocenters. The molecule has 0 saturated carbocycles. The highest BCUT2D eigenvalue weighted by atomic mass is 32.1. The summed E-state index contributed by atoms with van der Waals surface area (Å²) in [5, 5.41) is 4.15. The lowest BCUT2D eigenvalue weighted by atomic mass is 10.1. The molecule has 1 heterocycles. The van der Waals surface area contributed by atoms with Crippen molar-refractivity contribution in [2.75, 3.05) is 33.1 Å². The molecule has 1 N–H and O–H groups in total. The average molecular weight is 400 g/mol. The maximum Gasteiger partial charge on any atom is 0.171 e. The first-order valence-electron chi connectivity index (χ1n) is 9.87. The van der Waals surface area contributed by atoms with Gasteiger partial charge in [-0.2, -0.15) is 0 Å². The fourth-order valence-corrected chi connectivity index (χ4v) is 3.50. The maximum absolute atomic E-state index is 5.74. The Kier molecular flexibility index (Phi) is 7.51. The van der Waals surface area contributed by atoms with E-state index in [9.17, 15) is 0 Å². The number of nitrogens with zero attached hydrogens (tertiary/aromatic N) is 2. The van der Waals surface area contributed by atoms with Crippen molar-refractivity contribution < 1.29 is 9.47 Å². The highest BCUT2D eigenvalue weighted by molar-refractivity contribution is 7.80. The Morgan fingerprint density at radius 1 is 0.964 bits per heavy atom. The van der Waals surface area contributed by atoms with Gasteiger partial charge in [0.05, 0.1) is 26.6 Å². The quantitative estimate of drug-likeness (QED) is 0.649. The minimum atomic E-state index is 0.623. The van der Waals surface area contributed by atoms with E-state index in [2.05, 4.69) is 51.5 Å². The predicted molar refractivity (Wildman–Crippen MR) is 117 cm³/mol. The van der Waals surface area contributed by atoms with Crippen LogP contribution < -0.4 is 14.8 Å². The average Bonchev–Trinajstić information content (AvgIpc) is 2.71. The molecule has 3 rings (SSSR count). The molecular formula is C22H29N3O2S. The predicted octanol–water partition coefficient (Wildman–Crippen LogP) is 3.63. The Hall–Kier alpha value is -2.31. The monoisotopic (exact) mass is 399 g/mol. The van der Waals surface area contributed by atoms with Crippen molar-refractivity contribution in [1.82, 2.24) is 15.1 Å². The molecule has 150 valence electrons. The van der Waals surface area contributed by atoms with Gasteiger partial charge in [0.15, 0.2) is 16.6 Å². The summed E-state index contributed by atoms with van der Waals surface area (Å²) in [7, 11) is 0. The molecule has 5 nitrogen and oxygen atoms in total. The van der Waals surface area contributed by atoms with Crippen LogP contribution in [0.15, 0.2) is 48.5 Å². The van der Waals surface area contributed by atoms with Crippen LogP contribution in [0.3, 0.4) is 0 Å². The van der Waals surface area contributed by atoms with E-state index in [0.717, 1.165) is 49.5 Å². The minimum absolute atomic E-state index is 0.623. The SMILES string of the molecule is CCOc1ccc(CCN2CN(Cc3ccccc3)CNC2=S)cc1OCC. The zero-order chi connectivity index (χ0) is 19.8. The van der Waals surface area contributed by atoms with Gasteiger partial charge < -0.3 is 19.7 Å². The summed E-state index contributed by atoms with van der Waals surface area (Å²) in [5.74, 6) is 1.61. The molecule has 0 bridgehead atoms. The lowest BCUT2D eigenvalue weighted by Gasteiger charge is -2.38. The summed E-state index contributed by atoms with van der Waals surface area (Å²) < 4.78 is 11.4. The van der Waals surface area contributed by atoms with E-state index < -0.39 is 0 Å². The van der Waals surface area contributed by atoms with Crippen LogP contribution in [-0.2, 0) is 13.0 Å². The van der Waals surface area contributed by atoms with E-state index in [4.69, 9.17) is 21.7 Å². The van der Waals surface area contributed by atoms with Crippen molar-refractivity contribution in [2.24, 2.45) is 0 Å². The largest absolute Gasteiger partial charge is 0.490 e. The summed E-state index contributed by atoms with van der Waals surface area (Å²) in [6.07, 6.45) is 0.896. The van der Waals surface area contributed by atoms with Crippen molar-refractivity contribution in [3.05, 3.63) is 59.7 Å². The van der Waals surface area contributed by atoms with Crippen LogP contribution in [0.2, 0.25) is 0 Å². The number of rotatable bonds is 9. The minimum Gasteiger partial charge on any atom is -0.490 e. The number of hydrogen-bond donors (Lipinski definition) is 1. The Morgan fingerprint density at radius 3 is 2.46 bits per heavy atom. The highest BCUT2D eigenvalue weighted by Crippen LogP contribution is 2.28. The molecule has 0 unspecified atom stereocenters. The van der Waals surface area contributed by atoms with Crippen LogP contribution in [0.5, 0.6) is 11.5 Å². The van der Waals surface area contributed by atoms with E-state index in [1.165, 1.54) is 11.1 Å². The normalized spacial score (nSPS) is 14.6. The van der Waals surface area contributed by atoms with Gasteiger partial charge in [0.1, 0.15) is 0 Å². The topological polar surface area (TPSA) is 37.0 Å². The van der Waals surface area contributed by atoms with E-state index >= 15 is 0 Å². The molecule has 1 aliphatic rings. The zero-order valence-corrected chi connectivity index (χ0v) is 17.5. The molecule has 0 amide bonds. The summed E-state index contributed by atoms with van der Waals surface area (Å²) in [5.41, 5.74) is 2.53. The van der Waals surface area contributed by atoms with Crippen molar-refractivity contribution in [3.8, 4) is 11.5 Å². The van der Waals surface area contributed by atoms with Gasteiger partial charge in [-0.25, -0.2) is 0 Å². The molecule has 2 aromatic rings. The summed E-state index contributed by atoms with van der Waals surface area (Å²) in [6, 6.07) is 16.7. The first-order valence-corrected chi connectivity index (χ1v) is 10.3. The first kappa shape index (κ1) is 20.4. The van der Waals surface area contributed by atoms with E-state index in [0.29, 0.717) is 13.2 Å². The van der Waals surface area contributed by atoms with Crippen molar-refractivity contribution in [3.63, 3.8) is 0 Å². The molecule has 0 radical (unpaired) electrons. The van der Waals surface area contributed by atoms with Crippen molar-refractivity contribution >= 4 is 17.3 Å². The third-order valence-electron chi connectivity index (χ3n) is 4.64. The Balaban J connectivity index is 1.59. The molecule has 2 aromatic carbocycles. The van der Waals surface area contributed by atoms with Crippen LogP contribution in [-0.4, -0.2) is 48.0 Å². The van der Waals surface area contributed by atoms with Crippen molar-refractivity contribution in [1.29, 1.82) is 0 Å². The summed E-state index contributed by atoms with van der Waals surface area (Å²) >= 11 is 5.53. The van der Waals surface area contributed by atoms with Gasteiger partial charge in [0.25, 0.3) is 0 Å². The molecule has 1 saturated heterocycles. The lowest BCUT2D eigenvalue weighted by molar-refractivity contribution is 0.147. The van der Waals surface area contributed by atoms with E-state index in [1.54, 1.807) is 0 Å². The van der Waals surface area contributed by atoms with Gasteiger partial charge in [-0.05, 0) is 55.7 Å². The maximum atomic E-state index is 5.74. The number of benzene rings is 2. The van der Waals surface area contributed by atoms with Crippen LogP contribution in [0.4, 0.5) is 0 Å². The van der Waals surface area contributed by atoms with E-state index in [-0.39, 0.29) is 0 Å². The number of ether oxygens (including phenoxy) is 2. The smallest absolute Gasteiger partial charge is 0.171 e. The van der Waals surface area contributed by atoms with Gasteiger partial charge in [-0.3, -0.25) is 4.90 Å². The summed E-state index contributed by atoms with van der Waals surface area (Å²) in [4.78, 5) is 4.58. The van der Waals surface area contributed by atoms with Gasteiger partial charge in [-0.1, -0.05) is 36.4 Å². The van der Waals surface area contributed by atoms with Gasteiger partial charge in [0, 0.05) is 13.1 Å². The first-order chi connectivity index (χ1) is 13.7. The molecule has 28 heavy (non-hydrogen) atoms. The Morgan fingerprint density at radius 2 is 1.71 bits per heavy atom. The second kappa shape index (κ2) is 10.3. The number of thiocarbonyl (C=S) groups is 1. The molecule has 1 fully saturated rings. The lowest BCUT2D eigenvalue weighted by Crippen LogP contribution is -2.56. The molecular weight excluding hydrogens is 370 g/mol. The highest BCUT2D eigenvalue weighted by Gasteiger charge is 2.20. The van der Waals surface area contributed by atoms with E-state index in [1.807, 2.05) is 26.0 Å². The standard InChI is InChI=1S/C22H29N3O2S/c1-3-26-20-11-10-18(14-21(20)27-4-2)12-13-25-17-24(16-23-22(25)28)15-19-8-6-5-7-9-19/h5-11,14H,3-4,12-13,15-17H2,1-2H3,(H,23,28). The van der Waals surface area contributed by atoms with Gasteiger partial charge >= 0.3 is 0 Å². The Labute approximate surface area is 173 Å². The third kappa shape index (κ3) is 5.59.